The zero-order valence-electron chi connectivity index (χ0n) is 22.9. The second-order valence-corrected chi connectivity index (χ2v) is 10.3. The van der Waals surface area contributed by atoms with Gasteiger partial charge >= 0.3 is 0 Å². The molecule has 0 saturated heterocycles. The Kier molecular flexibility index (Phi) is 9.61. The Bertz CT molecular complexity index is 1410. The first-order chi connectivity index (χ1) is 19.2. The second-order valence-electron chi connectivity index (χ2n) is 10.3. The van der Waals surface area contributed by atoms with Crippen LogP contribution in [-0.4, -0.2) is 55.1 Å². The molecule has 0 radical (unpaired) electrons. The first-order valence-corrected chi connectivity index (χ1v) is 13.8. The lowest BCUT2D eigenvalue weighted by Gasteiger charge is -2.26. The molecule has 0 spiro atoms. The quantitative estimate of drug-likeness (QED) is 0.133. The molecule has 4 aromatic carbocycles. The van der Waals surface area contributed by atoms with Gasteiger partial charge in [0, 0.05) is 0 Å². The highest BCUT2D eigenvalue weighted by molar-refractivity contribution is 5.92. The Morgan fingerprint density at radius 1 is 0.600 bits per heavy atom. The van der Waals surface area contributed by atoms with Crippen LogP contribution in [0.5, 0.6) is 0 Å². The van der Waals surface area contributed by atoms with Crippen LogP contribution >= 0.6 is 0 Å². The third-order valence-corrected chi connectivity index (χ3v) is 7.24. The summed E-state index contributed by atoms with van der Waals surface area (Å²) in [5, 5.41) is 67.2. The van der Waals surface area contributed by atoms with E-state index in [1.54, 1.807) is 12.1 Å². The molecule has 0 saturated carbocycles. The average Bonchev–Trinajstić information content (AvgIpc) is 2.96. The van der Waals surface area contributed by atoms with Gasteiger partial charge in [-0.05, 0) is 68.8 Å². The van der Waals surface area contributed by atoms with E-state index in [0.717, 1.165) is 47.2 Å². The normalized spacial score (nSPS) is 15.8. The van der Waals surface area contributed by atoms with E-state index in [-0.39, 0.29) is 0 Å². The van der Waals surface area contributed by atoms with Crippen molar-refractivity contribution in [1.82, 2.24) is 0 Å². The first kappa shape index (κ1) is 29.3. The van der Waals surface area contributed by atoms with Crippen LogP contribution in [-0.2, 0) is 12.8 Å². The molecule has 0 aliphatic heterocycles. The monoisotopic (exact) mass is 542 g/mol. The van der Waals surface area contributed by atoms with E-state index in [1.165, 1.54) is 23.3 Å². The standard InChI is InChI=1S/C34H38O6/c1-3-7-21-13-15-27-23(17-21)9-5-11-25(27)19-29(35)31(37)33(39)34(40)32(38)30(36)20-26-12-6-10-24-18-22(8-4-2)14-16-28(24)26/h5-6,9-20,31-40H,3-4,7-8H2,1-2H3/t31-,32-,33-,34-/m1/s1. The van der Waals surface area contributed by atoms with Crippen LogP contribution in [0.3, 0.4) is 0 Å². The van der Waals surface area contributed by atoms with Crippen molar-refractivity contribution in [3.05, 3.63) is 107 Å². The van der Waals surface area contributed by atoms with E-state index < -0.39 is 35.9 Å². The number of aliphatic hydroxyl groups excluding tert-OH is 6. The minimum Gasteiger partial charge on any atom is -0.509 e. The number of aliphatic hydroxyl groups is 6. The number of benzene rings is 4. The van der Waals surface area contributed by atoms with Gasteiger partial charge in [0.05, 0.1) is 0 Å². The molecule has 6 heteroatoms. The molecule has 0 bridgehead atoms. The number of rotatable bonds is 11. The Morgan fingerprint density at radius 3 is 1.38 bits per heavy atom. The van der Waals surface area contributed by atoms with Crippen molar-refractivity contribution in [2.75, 3.05) is 0 Å². The molecular formula is C34H38O6. The smallest absolute Gasteiger partial charge is 0.139 e. The zero-order chi connectivity index (χ0) is 28.8. The Balaban J connectivity index is 1.52. The molecule has 6 nitrogen and oxygen atoms in total. The van der Waals surface area contributed by atoms with Gasteiger partial charge in [-0.3, -0.25) is 0 Å². The average molecular weight is 543 g/mol. The maximum absolute atomic E-state index is 10.6. The van der Waals surface area contributed by atoms with Gasteiger partial charge < -0.3 is 30.6 Å². The summed E-state index contributed by atoms with van der Waals surface area (Å²) in [6.07, 6.45) is -1.14. The second kappa shape index (κ2) is 13.1. The van der Waals surface area contributed by atoms with Crippen molar-refractivity contribution < 1.29 is 30.6 Å². The minimum absolute atomic E-state index is 0.579. The van der Waals surface area contributed by atoms with E-state index >= 15 is 0 Å². The fraction of sp³-hybridized carbons (Fsp3) is 0.294. The molecule has 4 atom stereocenters. The number of hydrogen-bond donors (Lipinski definition) is 6. The van der Waals surface area contributed by atoms with Crippen LogP contribution < -0.4 is 0 Å². The zero-order valence-corrected chi connectivity index (χ0v) is 22.9. The Hall–Kier alpha value is -3.68. The van der Waals surface area contributed by atoms with Gasteiger partial charge in [-0.1, -0.05) is 99.5 Å². The predicted octanol–water partition coefficient (Wildman–Crippen LogP) is 5.84. The summed E-state index contributed by atoms with van der Waals surface area (Å²) in [5.74, 6) is -1.16. The van der Waals surface area contributed by atoms with E-state index in [2.05, 4.69) is 26.0 Å². The van der Waals surface area contributed by atoms with Crippen molar-refractivity contribution in [3.63, 3.8) is 0 Å². The SMILES string of the molecule is CCCc1ccc2c(C=C(O)[C@@H](O)[C@@H](O)[C@H](O)[C@H](O)C(O)=Cc3cccc4cc(CCC)ccc34)cccc2c1. The molecule has 4 aromatic rings. The van der Waals surface area contributed by atoms with Crippen molar-refractivity contribution >= 4 is 33.7 Å². The molecule has 40 heavy (non-hydrogen) atoms. The van der Waals surface area contributed by atoms with Gasteiger partial charge in [-0.15, -0.1) is 0 Å². The molecule has 6 N–H and O–H groups in total. The van der Waals surface area contributed by atoms with Gasteiger partial charge in [0.2, 0.25) is 0 Å². The minimum atomic E-state index is -1.97. The molecule has 0 heterocycles. The predicted molar refractivity (Wildman–Crippen MR) is 161 cm³/mol. The molecule has 0 fully saturated rings. The summed E-state index contributed by atoms with van der Waals surface area (Å²) in [6.45, 7) is 4.22. The van der Waals surface area contributed by atoms with Gasteiger partial charge in [0.15, 0.2) is 0 Å². The number of hydrogen-bond acceptors (Lipinski definition) is 6. The van der Waals surface area contributed by atoms with Crippen LogP contribution in [0.15, 0.2) is 84.3 Å². The lowest BCUT2D eigenvalue weighted by molar-refractivity contribution is -0.0996. The summed E-state index contributed by atoms with van der Waals surface area (Å²) in [5.41, 5.74) is 3.65. The highest BCUT2D eigenvalue weighted by Gasteiger charge is 2.34. The lowest BCUT2D eigenvalue weighted by Crippen LogP contribution is -2.45. The van der Waals surface area contributed by atoms with E-state index in [9.17, 15) is 30.6 Å². The fourth-order valence-electron chi connectivity index (χ4n) is 5.07. The highest BCUT2D eigenvalue weighted by atomic mass is 16.4. The van der Waals surface area contributed by atoms with Crippen molar-refractivity contribution in [1.29, 1.82) is 0 Å². The molecule has 0 amide bonds. The summed E-state index contributed by atoms with van der Waals surface area (Å²) in [6, 6.07) is 23.2. The number of aryl methyl sites for hydroxylation is 2. The van der Waals surface area contributed by atoms with Crippen LogP contribution in [0.4, 0.5) is 0 Å². The molecule has 210 valence electrons. The van der Waals surface area contributed by atoms with Gasteiger partial charge in [0.25, 0.3) is 0 Å². The maximum Gasteiger partial charge on any atom is 0.139 e. The topological polar surface area (TPSA) is 121 Å². The Labute approximate surface area is 234 Å². The molecule has 0 unspecified atom stereocenters. The third-order valence-electron chi connectivity index (χ3n) is 7.24. The van der Waals surface area contributed by atoms with Crippen LogP contribution in [0, 0.1) is 0 Å². The molecule has 0 aliphatic rings. The largest absolute Gasteiger partial charge is 0.509 e. The molecule has 0 aliphatic carbocycles. The molecule has 0 aromatic heterocycles. The van der Waals surface area contributed by atoms with Crippen LogP contribution in [0.25, 0.3) is 33.7 Å². The van der Waals surface area contributed by atoms with Crippen LogP contribution in [0.1, 0.15) is 48.9 Å². The number of fused-ring (bicyclic) bond motifs is 2. The van der Waals surface area contributed by atoms with E-state index in [1.807, 2.05) is 48.5 Å². The van der Waals surface area contributed by atoms with Gasteiger partial charge in [0.1, 0.15) is 35.9 Å². The third kappa shape index (κ3) is 6.54. The van der Waals surface area contributed by atoms with Gasteiger partial charge in [-0.2, -0.15) is 0 Å². The summed E-state index contributed by atoms with van der Waals surface area (Å²) >= 11 is 0. The summed E-state index contributed by atoms with van der Waals surface area (Å²) in [4.78, 5) is 0. The maximum atomic E-state index is 10.6. The molecular weight excluding hydrogens is 504 g/mol. The van der Waals surface area contributed by atoms with E-state index in [0.29, 0.717) is 11.1 Å². The van der Waals surface area contributed by atoms with Crippen molar-refractivity contribution in [2.24, 2.45) is 0 Å². The fourth-order valence-corrected chi connectivity index (χ4v) is 5.07. The summed E-state index contributed by atoms with van der Waals surface area (Å²) < 4.78 is 0. The van der Waals surface area contributed by atoms with Crippen LogP contribution in [0.2, 0.25) is 0 Å². The highest BCUT2D eigenvalue weighted by Crippen LogP contribution is 2.26. The Morgan fingerprint density at radius 2 is 1.00 bits per heavy atom. The first-order valence-electron chi connectivity index (χ1n) is 13.8. The van der Waals surface area contributed by atoms with Crippen molar-refractivity contribution in [2.45, 2.75) is 63.9 Å². The lowest BCUT2D eigenvalue weighted by atomic mass is 9.96. The summed E-state index contributed by atoms with van der Waals surface area (Å²) in [7, 11) is 0. The van der Waals surface area contributed by atoms with Gasteiger partial charge in [-0.25, -0.2) is 0 Å². The molecule has 4 rings (SSSR count). The van der Waals surface area contributed by atoms with Crippen molar-refractivity contribution in [3.8, 4) is 0 Å². The van der Waals surface area contributed by atoms with E-state index in [4.69, 9.17) is 0 Å².